The molecule has 0 bridgehead atoms. The fourth-order valence-electron chi connectivity index (χ4n) is 3.72. The summed E-state index contributed by atoms with van der Waals surface area (Å²) in [5.74, 6) is 1.99. The number of para-hydroxylation sites is 1. The van der Waals surface area contributed by atoms with Gasteiger partial charge in [-0.2, -0.15) is 5.10 Å². The summed E-state index contributed by atoms with van der Waals surface area (Å²) in [5.41, 5.74) is 2.75. The van der Waals surface area contributed by atoms with Crippen LogP contribution in [0.25, 0.3) is 5.69 Å². The molecule has 0 unspecified atom stereocenters. The Morgan fingerprint density at radius 3 is 2.53 bits per heavy atom. The van der Waals surface area contributed by atoms with Gasteiger partial charge in [-0.3, -0.25) is 0 Å². The first kappa shape index (κ1) is 21.7. The molecule has 1 N–H and O–H groups in total. The minimum Gasteiger partial charge on any atom is -0.497 e. The first-order valence-electron chi connectivity index (χ1n) is 11.2. The van der Waals surface area contributed by atoms with Crippen molar-refractivity contribution in [2.75, 3.05) is 13.7 Å². The van der Waals surface area contributed by atoms with Crippen LogP contribution in [0, 0.1) is 0 Å². The van der Waals surface area contributed by atoms with Gasteiger partial charge in [-0.1, -0.05) is 31.2 Å². The van der Waals surface area contributed by atoms with E-state index >= 15 is 0 Å². The van der Waals surface area contributed by atoms with Crippen molar-refractivity contribution in [1.82, 2.24) is 20.0 Å². The summed E-state index contributed by atoms with van der Waals surface area (Å²) >= 11 is 0. The number of nitrogens with zero attached hydrogens (tertiary/aromatic N) is 3. The third-order valence-corrected chi connectivity index (χ3v) is 5.52. The molecular formula is C25H30N4O3. The van der Waals surface area contributed by atoms with Crippen LogP contribution >= 0.6 is 0 Å². The van der Waals surface area contributed by atoms with Crippen LogP contribution in [0.1, 0.15) is 37.9 Å². The highest BCUT2D eigenvalue weighted by molar-refractivity contribution is 5.75. The van der Waals surface area contributed by atoms with Crippen molar-refractivity contribution in [1.29, 1.82) is 0 Å². The van der Waals surface area contributed by atoms with E-state index in [0.717, 1.165) is 36.2 Å². The summed E-state index contributed by atoms with van der Waals surface area (Å²) in [6.07, 6.45) is 2.78. The van der Waals surface area contributed by atoms with E-state index in [9.17, 15) is 4.79 Å². The number of ether oxygens (including phenoxy) is 2. The van der Waals surface area contributed by atoms with Crippen molar-refractivity contribution in [3.63, 3.8) is 0 Å². The smallest absolute Gasteiger partial charge is 0.317 e. The maximum absolute atomic E-state index is 12.8. The Balaban J connectivity index is 1.78. The van der Waals surface area contributed by atoms with E-state index in [1.807, 2.05) is 71.1 Å². The van der Waals surface area contributed by atoms with Crippen LogP contribution in [-0.4, -0.2) is 40.4 Å². The summed E-state index contributed by atoms with van der Waals surface area (Å²) in [6.45, 7) is 5.06. The third kappa shape index (κ3) is 4.72. The van der Waals surface area contributed by atoms with Gasteiger partial charge in [-0.25, -0.2) is 9.48 Å². The number of carbonyl (C=O) groups excluding carboxylic acids is 1. The van der Waals surface area contributed by atoms with E-state index in [1.54, 1.807) is 7.11 Å². The number of nitrogens with one attached hydrogen (secondary N) is 1. The van der Waals surface area contributed by atoms with E-state index < -0.39 is 0 Å². The number of aromatic nitrogens is 2. The monoisotopic (exact) mass is 434 g/mol. The van der Waals surface area contributed by atoms with Gasteiger partial charge in [0.1, 0.15) is 11.5 Å². The lowest BCUT2D eigenvalue weighted by atomic mass is 10.2. The lowest BCUT2D eigenvalue weighted by molar-refractivity contribution is 0.192. The largest absolute Gasteiger partial charge is 0.497 e. The van der Waals surface area contributed by atoms with Crippen LogP contribution in [0.4, 0.5) is 4.79 Å². The maximum Gasteiger partial charge on any atom is 0.317 e. The Morgan fingerprint density at radius 1 is 1.12 bits per heavy atom. The zero-order valence-corrected chi connectivity index (χ0v) is 18.9. The van der Waals surface area contributed by atoms with Gasteiger partial charge in [0.15, 0.2) is 0 Å². The van der Waals surface area contributed by atoms with Gasteiger partial charge >= 0.3 is 6.03 Å². The molecule has 0 atom stereocenters. The first-order chi connectivity index (χ1) is 15.6. The predicted octanol–water partition coefficient (Wildman–Crippen LogP) is 4.93. The second kappa shape index (κ2) is 9.77. The van der Waals surface area contributed by atoms with Gasteiger partial charge in [0.25, 0.3) is 0 Å². The Morgan fingerprint density at radius 2 is 1.88 bits per heavy atom. The molecule has 1 aromatic heterocycles. The molecule has 168 valence electrons. The summed E-state index contributed by atoms with van der Waals surface area (Å²) in [6, 6.07) is 17.6. The van der Waals surface area contributed by atoms with Gasteiger partial charge in [0, 0.05) is 18.7 Å². The quantitative estimate of drug-likeness (QED) is 0.519. The Hall–Kier alpha value is -3.48. The molecule has 3 aromatic rings. The number of rotatable bonds is 9. The fraction of sp³-hybridized carbons (Fsp3) is 0.360. The molecule has 1 saturated carbocycles. The third-order valence-electron chi connectivity index (χ3n) is 5.52. The van der Waals surface area contributed by atoms with E-state index in [1.165, 1.54) is 0 Å². The molecule has 1 heterocycles. The predicted molar refractivity (Wildman–Crippen MR) is 124 cm³/mol. The maximum atomic E-state index is 12.8. The zero-order valence-electron chi connectivity index (χ0n) is 18.9. The van der Waals surface area contributed by atoms with Crippen LogP contribution in [-0.2, 0) is 13.0 Å². The number of benzene rings is 2. The van der Waals surface area contributed by atoms with E-state index in [-0.39, 0.29) is 12.1 Å². The average molecular weight is 435 g/mol. The van der Waals surface area contributed by atoms with Crippen molar-refractivity contribution < 1.29 is 14.3 Å². The van der Waals surface area contributed by atoms with Gasteiger partial charge in [0.05, 0.1) is 30.6 Å². The first-order valence-corrected chi connectivity index (χ1v) is 11.2. The second-order valence-electron chi connectivity index (χ2n) is 7.81. The number of amides is 2. The lowest BCUT2D eigenvalue weighted by Gasteiger charge is -2.23. The van der Waals surface area contributed by atoms with Crippen LogP contribution in [0.2, 0.25) is 0 Å². The van der Waals surface area contributed by atoms with Crippen molar-refractivity contribution in [3.8, 4) is 23.1 Å². The SMILES string of the molecule is CCNC(=O)N(Cc1c(CC)nn(-c2ccccc2)c1Oc1cccc(OC)c1)C1CC1. The number of methoxy groups -OCH3 is 1. The van der Waals surface area contributed by atoms with Crippen molar-refractivity contribution in [2.45, 2.75) is 45.7 Å². The number of hydrogen-bond donors (Lipinski definition) is 1. The highest BCUT2D eigenvalue weighted by Gasteiger charge is 2.34. The molecule has 0 spiro atoms. The minimum atomic E-state index is -0.0446. The molecule has 1 aliphatic carbocycles. The Labute approximate surface area is 188 Å². The summed E-state index contributed by atoms with van der Waals surface area (Å²) in [7, 11) is 1.63. The normalized spacial score (nSPS) is 13.0. The van der Waals surface area contributed by atoms with E-state index in [0.29, 0.717) is 30.5 Å². The Bertz CT molecular complexity index is 1060. The van der Waals surface area contributed by atoms with Crippen LogP contribution in [0.3, 0.4) is 0 Å². The van der Waals surface area contributed by atoms with E-state index in [2.05, 4.69) is 12.2 Å². The number of aryl methyl sites for hydroxylation is 1. The molecule has 4 rings (SSSR count). The number of carbonyl (C=O) groups is 1. The van der Waals surface area contributed by atoms with Gasteiger partial charge in [-0.05, 0) is 50.5 Å². The van der Waals surface area contributed by atoms with Crippen LogP contribution < -0.4 is 14.8 Å². The van der Waals surface area contributed by atoms with Crippen LogP contribution in [0.5, 0.6) is 17.4 Å². The zero-order chi connectivity index (χ0) is 22.5. The molecule has 1 fully saturated rings. The average Bonchev–Trinajstić information content (AvgIpc) is 3.61. The topological polar surface area (TPSA) is 68.6 Å². The number of urea groups is 1. The molecule has 0 radical (unpaired) electrons. The highest BCUT2D eigenvalue weighted by Crippen LogP contribution is 2.36. The Kier molecular flexibility index (Phi) is 6.63. The molecule has 0 saturated heterocycles. The highest BCUT2D eigenvalue weighted by atomic mass is 16.5. The molecule has 2 amide bonds. The molecule has 1 aliphatic rings. The van der Waals surface area contributed by atoms with E-state index in [4.69, 9.17) is 14.6 Å². The van der Waals surface area contributed by atoms with Crippen molar-refractivity contribution in [2.24, 2.45) is 0 Å². The summed E-state index contributed by atoms with van der Waals surface area (Å²) in [4.78, 5) is 14.7. The minimum absolute atomic E-state index is 0.0446. The summed E-state index contributed by atoms with van der Waals surface area (Å²) < 4.78 is 13.6. The molecule has 7 nitrogen and oxygen atoms in total. The van der Waals surface area contributed by atoms with Gasteiger partial charge in [-0.15, -0.1) is 0 Å². The van der Waals surface area contributed by atoms with Crippen molar-refractivity contribution >= 4 is 6.03 Å². The number of hydrogen-bond acceptors (Lipinski definition) is 4. The summed E-state index contributed by atoms with van der Waals surface area (Å²) in [5, 5.41) is 7.83. The molecule has 32 heavy (non-hydrogen) atoms. The standard InChI is InChI=1S/C25H30N4O3/c1-4-23-22(17-28(18-14-15-18)25(30)26-5-2)24(29(27-23)19-10-7-6-8-11-19)32-21-13-9-12-20(16-21)31-3/h6-13,16,18H,4-5,14-15,17H2,1-3H3,(H,26,30). The van der Waals surface area contributed by atoms with Gasteiger partial charge < -0.3 is 19.7 Å². The molecule has 2 aromatic carbocycles. The van der Waals surface area contributed by atoms with Crippen molar-refractivity contribution in [3.05, 3.63) is 65.9 Å². The fourth-order valence-corrected chi connectivity index (χ4v) is 3.72. The molecular weight excluding hydrogens is 404 g/mol. The lowest BCUT2D eigenvalue weighted by Crippen LogP contribution is -2.41. The van der Waals surface area contributed by atoms with Gasteiger partial charge in [0.2, 0.25) is 5.88 Å². The second-order valence-corrected chi connectivity index (χ2v) is 7.81. The van der Waals surface area contributed by atoms with Crippen LogP contribution in [0.15, 0.2) is 54.6 Å². The molecule has 0 aliphatic heterocycles. The molecule has 7 heteroatoms.